The summed E-state index contributed by atoms with van der Waals surface area (Å²) in [6.45, 7) is 5.42. The van der Waals surface area contributed by atoms with Crippen LogP contribution in [0.25, 0.3) is 11.1 Å². The number of fused-ring (bicyclic) bond motifs is 1. The highest BCUT2D eigenvalue weighted by atomic mass is 32.2. The molecule has 1 aliphatic rings. The summed E-state index contributed by atoms with van der Waals surface area (Å²) in [6, 6.07) is 17.3. The molecule has 0 spiro atoms. The maximum absolute atomic E-state index is 13.7. The molecule has 0 unspecified atom stereocenters. The molecule has 4 rings (SSSR count). The minimum absolute atomic E-state index is 0.00831. The van der Waals surface area contributed by atoms with Crippen LogP contribution in [0.5, 0.6) is 5.75 Å². The van der Waals surface area contributed by atoms with Crippen molar-refractivity contribution in [2.24, 2.45) is 5.92 Å². The second-order valence-corrected chi connectivity index (χ2v) is 11.9. The Bertz CT molecular complexity index is 1410. The van der Waals surface area contributed by atoms with Gasteiger partial charge in [-0.25, -0.2) is 17.6 Å². The third-order valence-corrected chi connectivity index (χ3v) is 8.97. The van der Waals surface area contributed by atoms with Crippen LogP contribution >= 0.6 is 0 Å². The Morgan fingerprint density at radius 1 is 1.13 bits per heavy atom. The number of rotatable bonds is 6. The van der Waals surface area contributed by atoms with Crippen molar-refractivity contribution in [1.82, 2.24) is 9.21 Å². The standard InChI is InChI=1S/C29H34FN3O5S/c1-19-5-7-22(8-6-19)23-9-14-28-26(15-23)38-27(20(2)16-33(21(3)18-34)39(28,36)37)17-32(4)29(35)31-25-12-10-24(30)11-13-25/h5-15,20-21,27,34H,16-18H2,1-4H3,(H,31,35)/t20-,21+,27+/m1/s1. The lowest BCUT2D eigenvalue weighted by atomic mass is 10.0. The van der Waals surface area contributed by atoms with Gasteiger partial charge in [0.15, 0.2) is 0 Å². The average molecular weight is 556 g/mol. The first-order valence-electron chi connectivity index (χ1n) is 12.8. The van der Waals surface area contributed by atoms with Gasteiger partial charge in [0.05, 0.1) is 13.2 Å². The van der Waals surface area contributed by atoms with Crippen LogP contribution < -0.4 is 10.1 Å². The minimum atomic E-state index is -3.98. The number of sulfonamides is 1. The van der Waals surface area contributed by atoms with Crippen LogP contribution in [0.15, 0.2) is 71.6 Å². The summed E-state index contributed by atoms with van der Waals surface area (Å²) in [5.41, 5.74) is 3.25. The molecule has 2 N–H and O–H groups in total. The molecule has 0 saturated carbocycles. The number of carbonyl (C=O) groups excluding carboxylic acids is 1. The lowest BCUT2D eigenvalue weighted by molar-refractivity contribution is 0.0830. The van der Waals surface area contributed by atoms with Crippen LogP contribution in [0.3, 0.4) is 0 Å². The van der Waals surface area contributed by atoms with Gasteiger partial charge in [0, 0.05) is 31.2 Å². The molecule has 39 heavy (non-hydrogen) atoms. The number of aliphatic hydroxyl groups is 1. The maximum Gasteiger partial charge on any atom is 0.321 e. The van der Waals surface area contributed by atoms with Gasteiger partial charge in [-0.1, -0.05) is 42.8 Å². The van der Waals surface area contributed by atoms with E-state index in [1.165, 1.54) is 39.5 Å². The van der Waals surface area contributed by atoms with Crippen LogP contribution in [-0.2, 0) is 10.0 Å². The number of nitrogens with one attached hydrogen (secondary N) is 1. The Morgan fingerprint density at radius 2 is 1.77 bits per heavy atom. The minimum Gasteiger partial charge on any atom is -0.487 e. The van der Waals surface area contributed by atoms with Gasteiger partial charge < -0.3 is 20.1 Å². The summed E-state index contributed by atoms with van der Waals surface area (Å²) in [6.07, 6.45) is -0.565. The van der Waals surface area contributed by atoms with Crippen molar-refractivity contribution in [2.45, 2.75) is 37.8 Å². The third-order valence-electron chi connectivity index (χ3n) is 6.95. The predicted octanol–water partition coefficient (Wildman–Crippen LogP) is 4.73. The van der Waals surface area contributed by atoms with E-state index in [0.717, 1.165) is 16.7 Å². The molecule has 3 atom stereocenters. The van der Waals surface area contributed by atoms with E-state index in [9.17, 15) is 22.7 Å². The van der Waals surface area contributed by atoms with Crippen molar-refractivity contribution in [3.63, 3.8) is 0 Å². The van der Waals surface area contributed by atoms with E-state index in [4.69, 9.17) is 4.74 Å². The van der Waals surface area contributed by atoms with Crippen molar-refractivity contribution in [2.75, 3.05) is 32.1 Å². The maximum atomic E-state index is 13.7. The van der Waals surface area contributed by atoms with Gasteiger partial charge in [-0.15, -0.1) is 0 Å². The number of hydrogen-bond acceptors (Lipinski definition) is 5. The molecular weight excluding hydrogens is 521 g/mol. The van der Waals surface area contributed by atoms with E-state index >= 15 is 0 Å². The molecule has 1 aliphatic heterocycles. The zero-order valence-corrected chi connectivity index (χ0v) is 23.3. The second kappa shape index (κ2) is 11.7. The number of likely N-dealkylation sites (N-methyl/N-ethyl adjacent to an activating group) is 1. The van der Waals surface area contributed by atoms with E-state index in [2.05, 4.69) is 5.32 Å². The van der Waals surface area contributed by atoms with Gasteiger partial charge in [0.2, 0.25) is 10.0 Å². The Hall–Kier alpha value is -3.47. The fourth-order valence-electron chi connectivity index (χ4n) is 4.47. The van der Waals surface area contributed by atoms with Crippen molar-refractivity contribution in [1.29, 1.82) is 0 Å². The number of benzene rings is 3. The molecule has 8 nitrogen and oxygen atoms in total. The molecule has 1 heterocycles. The van der Waals surface area contributed by atoms with Crippen LogP contribution in [0.2, 0.25) is 0 Å². The molecule has 3 aromatic rings. The third kappa shape index (κ3) is 6.41. The second-order valence-electron chi connectivity index (χ2n) is 10.1. The lowest BCUT2D eigenvalue weighted by Gasteiger charge is -2.37. The molecule has 208 valence electrons. The number of ether oxygens (including phenoxy) is 1. The largest absolute Gasteiger partial charge is 0.487 e. The molecule has 0 aliphatic carbocycles. The average Bonchev–Trinajstić information content (AvgIpc) is 2.91. The monoisotopic (exact) mass is 555 g/mol. The first kappa shape index (κ1) is 28.5. The zero-order chi connectivity index (χ0) is 28.3. The number of carbonyl (C=O) groups is 1. The van der Waals surface area contributed by atoms with Gasteiger partial charge in [0.1, 0.15) is 22.6 Å². The Balaban J connectivity index is 1.68. The number of amides is 2. The van der Waals surface area contributed by atoms with E-state index in [1.807, 2.05) is 38.1 Å². The molecule has 0 radical (unpaired) electrons. The number of aryl methyl sites for hydroxylation is 1. The van der Waals surface area contributed by atoms with Gasteiger partial charge in [-0.2, -0.15) is 4.31 Å². The summed E-state index contributed by atoms with van der Waals surface area (Å²) in [5.74, 6) is -0.545. The van der Waals surface area contributed by atoms with Crippen LogP contribution in [0.4, 0.5) is 14.9 Å². The summed E-state index contributed by atoms with van der Waals surface area (Å²) in [7, 11) is -2.37. The quantitative estimate of drug-likeness (QED) is 0.458. The number of urea groups is 1. The number of hydrogen-bond donors (Lipinski definition) is 2. The fraction of sp³-hybridized carbons (Fsp3) is 0.345. The number of halogens is 1. The molecule has 2 amide bonds. The topological polar surface area (TPSA) is 99.2 Å². The Kier molecular flexibility index (Phi) is 8.58. The van der Waals surface area contributed by atoms with E-state index < -0.39 is 34.0 Å². The predicted molar refractivity (Wildman–Crippen MR) is 149 cm³/mol. The lowest BCUT2D eigenvalue weighted by Crippen LogP contribution is -2.50. The van der Waals surface area contributed by atoms with Crippen LogP contribution in [0.1, 0.15) is 19.4 Å². The van der Waals surface area contributed by atoms with Crippen molar-refractivity contribution in [3.8, 4) is 16.9 Å². The summed E-state index contributed by atoms with van der Waals surface area (Å²) in [5, 5.41) is 12.6. The van der Waals surface area contributed by atoms with E-state index in [1.54, 1.807) is 26.1 Å². The molecule has 0 fully saturated rings. The highest BCUT2D eigenvalue weighted by molar-refractivity contribution is 7.89. The molecule has 0 bridgehead atoms. The Labute approximate surface area is 229 Å². The first-order chi connectivity index (χ1) is 18.5. The van der Waals surface area contributed by atoms with Crippen molar-refractivity contribution in [3.05, 3.63) is 78.1 Å². The molecule has 3 aromatic carbocycles. The molecule has 0 aromatic heterocycles. The Morgan fingerprint density at radius 3 is 2.41 bits per heavy atom. The summed E-state index contributed by atoms with van der Waals surface area (Å²) >= 11 is 0. The highest BCUT2D eigenvalue weighted by Gasteiger charge is 2.38. The van der Waals surface area contributed by atoms with Gasteiger partial charge in [-0.3, -0.25) is 0 Å². The summed E-state index contributed by atoms with van der Waals surface area (Å²) < 4.78 is 48.4. The van der Waals surface area contributed by atoms with E-state index in [-0.39, 0.29) is 36.3 Å². The molecule has 10 heteroatoms. The van der Waals surface area contributed by atoms with Gasteiger partial charge >= 0.3 is 6.03 Å². The van der Waals surface area contributed by atoms with Gasteiger partial charge in [0.25, 0.3) is 0 Å². The highest BCUT2D eigenvalue weighted by Crippen LogP contribution is 2.36. The van der Waals surface area contributed by atoms with Gasteiger partial charge in [-0.05, 0) is 61.4 Å². The number of aliphatic hydroxyl groups excluding tert-OH is 1. The fourth-order valence-corrected chi connectivity index (χ4v) is 6.30. The molecular formula is C29H34FN3O5S. The molecule has 0 saturated heterocycles. The first-order valence-corrected chi connectivity index (χ1v) is 14.2. The summed E-state index contributed by atoms with van der Waals surface area (Å²) in [4.78, 5) is 14.3. The SMILES string of the molecule is Cc1ccc(-c2ccc3c(c2)O[C@@H](CN(C)C(=O)Nc2ccc(F)cc2)[C@H](C)CN([C@@H](C)CO)S3(=O)=O)cc1. The normalized spacial score (nSPS) is 19.6. The number of nitrogens with zero attached hydrogens (tertiary/aromatic N) is 2. The van der Waals surface area contributed by atoms with Crippen molar-refractivity contribution >= 4 is 21.7 Å². The van der Waals surface area contributed by atoms with Crippen molar-refractivity contribution < 1.29 is 27.4 Å². The number of anilines is 1. The van der Waals surface area contributed by atoms with Crippen LogP contribution in [-0.4, -0.2) is 67.7 Å². The van der Waals surface area contributed by atoms with Crippen LogP contribution in [0, 0.1) is 18.7 Å². The zero-order valence-electron chi connectivity index (χ0n) is 22.5. The van der Waals surface area contributed by atoms with E-state index in [0.29, 0.717) is 5.69 Å². The smallest absolute Gasteiger partial charge is 0.321 e.